The summed E-state index contributed by atoms with van der Waals surface area (Å²) in [7, 11) is 2.08. The molecule has 11 heavy (non-hydrogen) atoms. The summed E-state index contributed by atoms with van der Waals surface area (Å²) in [5, 5.41) is 0. The van der Waals surface area contributed by atoms with E-state index in [1.165, 1.54) is 0 Å². The van der Waals surface area contributed by atoms with Crippen molar-refractivity contribution in [3.63, 3.8) is 0 Å². The first-order valence-electron chi connectivity index (χ1n) is 4.30. The number of Topliss-reactive ketones (excluding diaryl/α,β-unsaturated/α-hetero) is 1. The van der Waals surface area contributed by atoms with Crippen molar-refractivity contribution in [1.29, 1.82) is 0 Å². The molecule has 0 saturated carbocycles. The van der Waals surface area contributed by atoms with Gasteiger partial charge in [-0.3, -0.25) is 4.79 Å². The minimum absolute atomic E-state index is 0.0625. The van der Waals surface area contributed by atoms with Crippen LogP contribution in [0.4, 0.5) is 0 Å². The second-order valence-corrected chi connectivity index (χ2v) is 3.83. The Bertz CT molecular complexity index is 167. The topological polar surface area (TPSA) is 20.3 Å². The van der Waals surface area contributed by atoms with Crippen LogP contribution in [0.15, 0.2) is 0 Å². The van der Waals surface area contributed by atoms with Crippen LogP contribution in [-0.2, 0) is 4.79 Å². The summed E-state index contributed by atoms with van der Waals surface area (Å²) in [5.74, 6) is 0.443. The molecule has 1 saturated heterocycles. The molecule has 0 aliphatic carbocycles. The van der Waals surface area contributed by atoms with Gasteiger partial charge in [0, 0.05) is 24.9 Å². The molecule has 1 unspecified atom stereocenters. The van der Waals surface area contributed by atoms with Gasteiger partial charge in [-0.15, -0.1) is 0 Å². The highest BCUT2D eigenvalue weighted by molar-refractivity contribution is 5.85. The first-order valence-corrected chi connectivity index (χ1v) is 4.30. The predicted molar refractivity (Wildman–Crippen MR) is 45.5 cm³/mol. The number of likely N-dealkylation sites (tertiary alicyclic amines) is 1. The molecular formula is C9H17NO. The third kappa shape index (κ3) is 1.62. The number of ketones is 1. The molecule has 0 aromatic rings. The van der Waals surface area contributed by atoms with E-state index in [2.05, 4.69) is 25.8 Å². The summed E-state index contributed by atoms with van der Waals surface area (Å²) >= 11 is 0. The number of piperidine rings is 1. The van der Waals surface area contributed by atoms with E-state index < -0.39 is 0 Å². The van der Waals surface area contributed by atoms with Gasteiger partial charge in [-0.2, -0.15) is 0 Å². The summed E-state index contributed by atoms with van der Waals surface area (Å²) in [6, 6.07) is 0. The Labute approximate surface area is 68.6 Å². The second-order valence-electron chi connectivity index (χ2n) is 3.83. The van der Waals surface area contributed by atoms with E-state index in [0.717, 1.165) is 25.9 Å². The van der Waals surface area contributed by atoms with Gasteiger partial charge >= 0.3 is 0 Å². The standard InChI is InChI=1S/C9H17NO/c1-4-9(2)7-10(3)6-5-8(9)11/h4-7H2,1-3H3. The van der Waals surface area contributed by atoms with Gasteiger partial charge in [0.2, 0.25) is 0 Å². The molecule has 1 atom stereocenters. The Morgan fingerprint density at radius 1 is 1.64 bits per heavy atom. The molecule has 1 aliphatic rings. The molecule has 1 rings (SSSR count). The maximum absolute atomic E-state index is 11.5. The minimum Gasteiger partial charge on any atom is -0.305 e. The van der Waals surface area contributed by atoms with Crippen LogP contribution in [0.5, 0.6) is 0 Å². The quantitative estimate of drug-likeness (QED) is 0.569. The van der Waals surface area contributed by atoms with E-state index in [0.29, 0.717) is 5.78 Å². The molecular weight excluding hydrogens is 138 g/mol. The maximum Gasteiger partial charge on any atom is 0.141 e. The van der Waals surface area contributed by atoms with Gasteiger partial charge in [0.25, 0.3) is 0 Å². The second kappa shape index (κ2) is 2.94. The van der Waals surface area contributed by atoms with Crippen LogP contribution in [0.1, 0.15) is 26.7 Å². The Kier molecular flexibility index (Phi) is 2.33. The third-order valence-electron chi connectivity index (χ3n) is 2.79. The third-order valence-corrected chi connectivity index (χ3v) is 2.79. The molecule has 0 aromatic carbocycles. The first kappa shape index (κ1) is 8.72. The molecule has 0 radical (unpaired) electrons. The number of nitrogens with zero attached hydrogens (tertiary/aromatic N) is 1. The van der Waals surface area contributed by atoms with E-state index in [4.69, 9.17) is 0 Å². The predicted octanol–water partition coefficient (Wildman–Crippen LogP) is 1.31. The van der Waals surface area contributed by atoms with Crippen LogP contribution in [0.25, 0.3) is 0 Å². The van der Waals surface area contributed by atoms with Crippen molar-refractivity contribution in [2.24, 2.45) is 5.41 Å². The average Bonchev–Trinajstić information content (AvgIpc) is 1.98. The zero-order chi connectivity index (χ0) is 8.48. The molecule has 0 aromatic heterocycles. The molecule has 1 aliphatic heterocycles. The zero-order valence-electron chi connectivity index (χ0n) is 7.68. The molecule has 0 spiro atoms. The molecule has 2 nitrogen and oxygen atoms in total. The van der Waals surface area contributed by atoms with Crippen LogP contribution in [0.3, 0.4) is 0 Å². The first-order chi connectivity index (χ1) is 5.08. The number of carbonyl (C=O) groups is 1. The molecule has 0 amide bonds. The van der Waals surface area contributed by atoms with Gasteiger partial charge in [-0.05, 0) is 13.5 Å². The van der Waals surface area contributed by atoms with Crippen molar-refractivity contribution in [3.05, 3.63) is 0 Å². The van der Waals surface area contributed by atoms with Crippen molar-refractivity contribution in [2.75, 3.05) is 20.1 Å². The minimum atomic E-state index is -0.0625. The monoisotopic (exact) mass is 155 g/mol. The van der Waals surface area contributed by atoms with E-state index in [9.17, 15) is 4.79 Å². The Balaban J connectivity index is 2.68. The van der Waals surface area contributed by atoms with Gasteiger partial charge in [0.1, 0.15) is 5.78 Å². The highest BCUT2D eigenvalue weighted by Crippen LogP contribution is 2.28. The highest BCUT2D eigenvalue weighted by atomic mass is 16.1. The van der Waals surface area contributed by atoms with Gasteiger partial charge < -0.3 is 4.90 Å². The summed E-state index contributed by atoms with van der Waals surface area (Å²) in [6.45, 7) is 6.04. The molecule has 64 valence electrons. The van der Waals surface area contributed by atoms with E-state index >= 15 is 0 Å². The smallest absolute Gasteiger partial charge is 0.141 e. The van der Waals surface area contributed by atoms with Crippen molar-refractivity contribution in [1.82, 2.24) is 4.90 Å². The lowest BCUT2D eigenvalue weighted by atomic mass is 9.79. The van der Waals surface area contributed by atoms with Crippen molar-refractivity contribution in [3.8, 4) is 0 Å². The van der Waals surface area contributed by atoms with Crippen LogP contribution >= 0.6 is 0 Å². The molecule has 1 fully saturated rings. The lowest BCUT2D eigenvalue weighted by Gasteiger charge is -2.36. The maximum atomic E-state index is 11.5. The summed E-state index contributed by atoms with van der Waals surface area (Å²) in [5.41, 5.74) is -0.0625. The van der Waals surface area contributed by atoms with Crippen LogP contribution in [0, 0.1) is 5.41 Å². The van der Waals surface area contributed by atoms with Gasteiger partial charge in [0.15, 0.2) is 0 Å². The van der Waals surface area contributed by atoms with Crippen molar-refractivity contribution in [2.45, 2.75) is 26.7 Å². The van der Waals surface area contributed by atoms with E-state index in [1.807, 2.05) is 0 Å². The van der Waals surface area contributed by atoms with Gasteiger partial charge in [0.05, 0.1) is 0 Å². The number of hydrogen-bond acceptors (Lipinski definition) is 2. The van der Waals surface area contributed by atoms with Crippen molar-refractivity contribution >= 4 is 5.78 Å². The normalized spacial score (nSPS) is 34.3. The fourth-order valence-corrected chi connectivity index (χ4v) is 1.67. The number of rotatable bonds is 1. The fraction of sp³-hybridized carbons (Fsp3) is 0.889. The Hall–Kier alpha value is -0.370. The summed E-state index contributed by atoms with van der Waals surface area (Å²) in [6.07, 6.45) is 1.71. The Morgan fingerprint density at radius 3 is 2.73 bits per heavy atom. The Morgan fingerprint density at radius 2 is 2.27 bits per heavy atom. The number of hydrogen-bond donors (Lipinski definition) is 0. The molecule has 0 N–H and O–H groups in total. The van der Waals surface area contributed by atoms with Crippen molar-refractivity contribution < 1.29 is 4.79 Å². The summed E-state index contributed by atoms with van der Waals surface area (Å²) < 4.78 is 0. The largest absolute Gasteiger partial charge is 0.305 e. The number of carbonyl (C=O) groups excluding carboxylic acids is 1. The van der Waals surface area contributed by atoms with Gasteiger partial charge in [-0.25, -0.2) is 0 Å². The molecule has 2 heteroatoms. The molecule has 0 bridgehead atoms. The van der Waals surface area contributed by atoms with Crippen LogP contribution in [-0.4, -0.2) is 30.8 Å². The van der Waals surface area contributed by atoms with E-state index in [-0.39, 0.29) is 5.41 Å². The highest BCUT2D eigenvalue weighted by Gasteiger charge is 2.35. The SMILES string of the molecule is CCC1(C)CN(C)CCC1=O. The lowest BCUT2D eigenvalue weighted by Crippen LogP contribution is -2.45. The summed E-state index contributed by atoms with van der Waals surface area (Å²) in [4.78, 5) is 13.7. The van der Waals surface area contributed by atoms with Crippen LogP contribution < -0.4 is 0 Å². The van der Waals surface area contributed by atoms with Crippen LogP contribution in [0.2, 0.25) is 0 Å². The fourth-order valence-electron chi connectivity index (χ4n) is 1.67. The van der Waals surface area contributed by atoms with Gasteiger partial charge in [-0.1, -0.05) is 13.8 Å². The molecule has 1 heterocycles. The zero-order valence-corrected chi connectivity index (χ0v) is 7.68. The average molecular weight is 155 g/mol. The van der Waals surface area contributed by atoms with E-state index in [1.54, 1.807) is 0 Å². The lowest BCUT2D eigenvalue weighted by molar-refractivity contribution is -0.132.